The van der Waals surface area contributed by atoms with Gasteiger partial charge in [-0.1, -0.05) is 62.4 Å². The molecule has 138 valence electrons. The van der Waals surface area contributed by atoms with E-state index in [9.17, 15) is 4.79 Å². The highest BCUT2D eigenvalue weighted by atomic mass is 16.1. The van der Waals surface area contributed by atoms with Gasteiger partial charge < -0.3 is 10.6 Å². The van der Waals surface area contributed by atoms with E-state index in [4.69, 9.17) is 0 Å². The van der Waals surface area contributed by atoms with Gasteiger partial charge in [-0.3, -0.25) is 4.79 Å². The largest absolute Gasteiger partial charge is 0.348 e. The molecule has 0 saturated carbocycles. The number of aromatic nitrogens is 2. The molecule has 0 aliphatic heterocycles. The van der Waals surface area contributed by atoms with Crippen LogP contribution in [0.2, 0.25) is 0 Å². The summed E-state index contributed by atoms with van der Waals surface area (Å²) in [4.78, 5) is 20.9. The van der Waals surface area contributed by atoms with Crippen LogP contribution in [-0.4, -0.2) is 15.9 Å². The SMILES string of the molecule is CCc1cccc(CC)c1Nc1ncc(C(=O)NCc2ccccc2)cn1. The van der Waals surface area contributed by atoms with Crippen LogP contribution in [0, 0.1) is 0 Å². The highest BCUT2D eigenvalue weighted by Crippen LogP contribution is 2.25. The molecule has 3 rings (SSSR count). The monoisotopic (exact) mass is 360 g/mol. The summed E-state index contributed by atoms with van der Waals surface area (Å²) in [5.74, 6) is 0.304. The topological polar surface area (TPSA) is 66.9 Å². The van der Waals surface area contributed by atoms with Crippen LogP contribution >= 0.6 is 0 Å². The number of benzene rings is 2. The van der Waals surface area contributed by atoms with E-state index in [-0.39, 0.29) is 5.91 Å². The van der Waals surface area contributed by atoms with Crippen molar-refractivity contribution in [3.63, 3.8) is 0 Å². The molecule has 1 aromatic heterocycles. The number of nitrogens with zero attached hydrogens (tertiary/aromatic N) is 2. The first-order valence-corrected chi connectivity index (χ1v) is 9.23. The van der Waals surface area contributed by atoms with Crippen molar-refractivity contribution in [2.45, 2.75) is 33.2 Å². The van der Waals surface area contributed by atoms with Crippen molar-refractivity contribution in [3.05, 3.63) is 83.2 Å². The predicted octanol–water partition coefficient (Wildman–Crippen LogP) is 4.28. The van der Waals surface area contributed by atoms with Crippen LogP contribution in [0.4, 0.5) is 11.6 Å². The molecule has 2 aromatic carbocycles. The average molecular weight is 360 g/mol. The van der Waals surface area contributed by atoms with Gasteiger partial charge in [-0.25, -0.2) is 9.97 Å². The van der Waals surface area contributed by atoms with Crippen molar-refractivity contribution < 1.29 is 4.79 Å². The number of nitrogens with one attached hydrogen (secondary N) is 2. The molecule has 5 nitrogen and oxygen atoms in total. The van der Waals surface area contributed by atoms with Crippen molar-refractivity contribution in [1.29, 1.82) is 0 Å². The van der Waals surface area contributed by atoms with Crippen LogP contribution < -0.4 is 10.6 Å². The number of carbonyl (C=O) groups excluding carboxylic acids is 1. The Labute approximate surface area is 159 Å². The molecule has 5 heteroatoms. The molecule has 3 aromatic rings. The summed E-state index contributed by atoms with van der Waals surface area (Å²) in [6.45, 7) is 4.73. The minimum Gasteiger partial charge on any atom is -0.348 e. The van der Waals surface area contributed by atoms with Crippen molar-refractivity contribution in [3.8, 4) is 0 Å². The van der Waals surface area contributed by atoms with Gasteiger partial charge in [0, 0.05) is 24.6 Å². The van der Waals surface area contributed by atoms with Gasteiger partial charge in [0.15, 0.2) is 0 Å². The fraction of sp³-hybridized carbons (Fsp3) is 0.227. The van der Waals surface area contributed by atoms with Crippen LogP contribution in [0.1, 0.15) is 40.9 Å². The van der Waals surface area contributed by atoms with Gasteiger partial charge in [0.2, 0.25) is 5.95 Å². The zero-order chi connectivity index (χ0) is 19.1. The summed E-state index contributed by atoms with van der Waals surface area (Å²) in [5.41, 5.74) is 5.00. The zero-order valence-corrected chi connectivity index (χ0v) is 15.7. The number of hydrogen-bond donors (Lipinski definition) is 2. The second-order valence-corrected chi connectivity index (χ2v) is 6.25. The Kier molecular flexibility index (Phi) is 6.15. The molecule has 2 N–H and O–H groups in total. The van der Waals surface area contributed by atoms with Gasteiger partial charge in [0.25, 0.3) is 5.91 Å². The molecule has 0 unspecified atom stereocenters. The molecule has 27 heavy (non-hydrogen) atoms. The number of para-hydroxylation sites is 1. The molecule has 0 spiro atoms. The Morgan fingerprint density at radius 3 is 2.11 bits per heavy atom. The van der Waals surface area contributed by atoms with Crippen LogP contribution in [0.25, 0.3) is 0 Å². The van der Waals surface area contributed by atoms with Crippen molar-refractivity contribution in [1.82, 2.24) is 15.3 Å². The Morgan fingerprint density at radius 1 is 0.889 bits per heavy atom. The van der Waals surface area contributed by atoms with E-state index in [2.05, 4.69) is 52.6 Å². The summed E-state index contributed by atoms with van der Waals surface area (Å²) >= 11 is 0. The van der Waals surface area contributed by atoms with Crippen LogP contribution in [0.5, 0.6) is 0 Å². The van der Waals surface area contributed by atoms with E-state index in [0.29, 0.717) is 18.1 Å². The summed E-state index contributed by atoms with van der Waals surface area (Å²) in [5, 5.41) is 6.19. The fourth-order valence-electron chi connectivity index (χ4n) is 2.91. The first-order valence-electron chi connectivity index (χ1n) is 9.23. The van der Waals surface area contributed by atoms with Gasteiger partial charge in [-0.05, 0) is 29.5 Å². The molecule has 0 fully saturated rings. The molecule has 1 amide bonds. The summed E-state index contributed by atoms with van der Waals surface area (Å²) in [6, 6.07) is 16.1. The molecular weight excluding hydrogens is 336 g/mol. The quantitative estimate of drug-likeness (QED) is 0.660. The second kappa shape index (κ2) is 8.94. The number of amides is 1. The first-order chi connectivity index (χ1) is 13.2. The second-order valence-electron chi connectivity index (χ2n) is 6.25. The molecule has 0 radical (unpaired) electrons. The minimum absolute atomic E-state index is 0.186. The van der Waals surface area contributed by atoms with E-state index in [1.54, 1.807) is 12.4 Å². The molecule has 0 atom stereocenters. The molecule has 1 heterocycles. The van der Waals surface area contributed by atoms with Crippen LogP contribution in [0.3, 0.4) is 0 Å². The van der Waals surface area contributed by atoms with Crippen LogP contribution in [-0.2, 0) is 19.4 Å². The average Bonchev–Trinajstić information content (AvgIpc) is 2.73. The lowest BCUT2D eigenvalue weighted by molar-refractivity contribution is 0.0950. The van der Waals surface area contributed by atoms with E-state index >= 15 is 0 Å². The number of carbonyl (C=O) groups is 1. The van der Waals surface area contributed by atoms with Gasteiger partial charge in [0.05, 0.1) is 5.56 Å². The maximum absolute atomic E-state index is 12.3. The summed E-state index contributed by atoms with van der Waals surface area (Å²) < 4.78 is 0. The third kappa shape index (κ3) is 4.70. The van der Waals surface area contributed by atoms with Gasteiger partial charge in [-0.15, -0.1) is 0 Å². The lowest BCUT2D eigenvalue weighted by Crippen LogP contribution is -2.23. The molecule has 0 aliphatic rings. The maximum Gasteiger partial charge on any atom is 0.254 e. The van der Waals surface area contributed by atoms with Crippen molar-refractivity contribution in [2.24, 2.45) is 0 Å². The third-order valence-electron chi connectivity index (χ3n) is 4.45. The van der Waals surface area contributed by atoms with Crippen molar-refractivity contribution >= 4 is 17.5 Å². The Balaban J connectivity index is 1.68. The zero-order valence-electron chi connectivity index (χ0n) is 15.7. The summed E-state index contributed by atoms with van der Waals surface area (Å²) in [6.07, 6.45) is 4.96. The van der Waals surface area contributed by atoms with Gasteiger partial charge in [0.1, 0.15) is 0 Å². The minimum atomic E-state index is -0.186. The first kappa shape index (κ1) is 18.6. The number of anilines is 2. The van der Waals surface area contributed by atoms with Crippen molar-refractivity contribution in [2.75, 3.05) is 5.32 Å². The predicted molar refractivity (Wildman–Crippen MR) is 108 cm³/mol. The standard InChI is InChI=1S/C22H24N4O/c1-3-17-11-8-12-18(4-2)20(17)26-22-24-14-19(15-25-22)21(27)23-13-16-9-6-5-7-10-16/h5-12,14-15H,3-4,13H2,1-2H3,(H,23,27)(H,24,25,26). The number of hydrogen-bond acceptors (Lipinski definition) is 4. The molecule has 0 bridgehead atoms. The van der Waals surface area contributed by atoms with E-state index < -0.39 is 0 Å². The van der Waals surface area contributed by atoms with Gasteiger partial charge >= 0.3 is 0 Å². The molecular formula is C22H24N4O. The van der Waals surface area contributed by atoms with E-state index in [1.165, 1.54) is 11.1 Å². The Bertz CT molecular complexity index is 870. The van der Waals surface area contributed by atoms with Crippen LogP contribution in [0.15, 0.2) is 60.9 Å². The molecule has 0 aliphatic carbocycles. The highest BCUT2D eigenvalue weighted by Gasteiger charge is 2.10. The van der Waals surface area contributed by atoms with E-state index in [0.717, 1.165) is 24.1 Å². The lowest BCUT2D eigenvalue weighted by atomic mass is 10.0. The van der Waals surface area contributed by atoms with Gasteiger partial charge in [-0.2, -0.15) is 0 Å². The fourth-order valence-corrected chi connectivity index (χ4v) is 2.91. The lowest BCUT2D eigenvalue weighted by Gasteiger charge is -2.14. The number of aryl methyl sites for hydroxylation is 2. The normalized spacial score (nSPS) is 10.4. The Morgan fingerprint density at radius 2 is 1.52 bits per heavy atom. The van der Waals surface area contributed by atoms with E-state index in [1.807, 2.05) is 30.3 Å². The maximum atomic E-state index is 12.3. The summed E-state index contributed by atoms with van der Waals surface area (Å²) in [7, 11) is 0. The number of rotatable bonds is 7. The third-order valence-corrected chi connectivity index (χ3v) is 4.45. The molecule has 0 saturated heterocycles. The Hall–Kier alpha value is -3.21. The smallest absolute Gasteiger partial charge is 0.254 e. The highest BCUT2D eigenvalue weighted by molar-refractivity contribution is 5.93.